The van der Waals surface area contributed by atoms with Crippen molar-refractivity contribution in [3.8, 4) is 5.75 Å². The van der Waals surface area contributed by atoms with Crippen LogP contribution in [0.2, 0.25) is 0 Å². The number of carbonyl (C=O) groups excluding carboxylic acids is 1. The maximum atomic E-state index is 14.4. The number of nitrogens with one attached hydrogen (secondary N) is 1. The Morgan fingerprint density at radius 2 is 1.49 bits per heavy atom. The molecule has 4 aromatic carbocycles. The Bertz CT molecular complexity index is 1570. The maximum absolute atomic E-state index is 14.4. The highest BCUT2D eigenvalue weighted by atomic mass is 16.3. The first-order valence-corrected chi connectivity index (χ1v) is 13.1. The molecule has 1 aliphatic heterocycles. The molecule has 0 aromatic heterocycles. The molecular weight excluding hydrogens is 454 g/mol. The summed E-state index contributed by atoms with van der Waals surface area (Å²) < 4.78 is 0. The predicted octanol–water partition coefficient (Wildman–Crippen LogP) is 8.04. The predicted molar refractivity (Wildman–Crippen MR) is 154 cm³/mol. The maximum Gasteiger partial charge on any atom is 0.244 e. The number of aryl methyl sites for hydroxylation is 2. The van der Waals surface area contributed by atoms with Gasteiger partial charge in [-0.2, -0.15) is 0 Å². The number of phenolic OH excluding ortho intramolecular Hbond substituents is 1. The van der Waals surface area contributed by atoms with E-state index >= 15 is 0 Å². The Morgan fingerprint density at radius 3 is 2.14 bits per heavy atom. The molecule has 3 nitrogen and oxygen atoms in total. The van der Waals surface area contributed by atoms with Gasteiger partial charge in [-0.1, -0.05) is 96.1 Å². The van der Waals surface area contributed by atoms with E-state index in [0.717, 1.165) is 44.3 Å². The molecule has 3 heteroatoms. The molecule has 1 amide bonds. The molecule has 0 saturated heterocycles. The van der Waals surface area contributed by atoms with Gasteiger partial charge in [-0.15, -0.1) is 0 Å². The van der Waals surface area contributed by atoms with Crippen molar-refractivity contribution >= 4 is 22.4 Å². The monoisotopic (exact) mass is 491 g/mol. The Labute approximate surface area is 220 Å². The number of hydrogen-bond donors (Lipinski definition) is 2. The van der Waals surface area contributed by atoms with Gasteiger partial charge >= 0.3 is 0 Å². The van der Waals surface area contributed by atoms with Crippen molar-refractivity contribution in [3.63, 3.8) is 0 Å². The molecule has 0 spiro atoms. The lowest BCUT2D eigenvalue weighted by Crippen LogP contribution is -2.38. The van der Waals surface area contributed by atoms with Gasteiger partial charge in [0.1, 0.15) is 11.2 Å². The second-order valence-corrected chi connectivity index (χ2v) is 12.6. The molecule has 0 unspecified atom stereocenters. The molecular formula is C34H37NO2. The fourth-order valence-electron chi connectivity index (χ4n) is 5.70. The molecule has 0 radical (unpaired) electrons. The molecule has 1 heterocycles. The minimum absolute atomic E-state index is 0.136. The van der Waals surface area contributed by atoms with Gasteiger partial charge in [0, 0.05) is 16.8 Å². The zero-order valence-corrected chi connectivity index (χ0v) is 23.2. The van der Waals surface area contributed by atoms with Crippen LogP contribution in [-0.2, 0) is 21.0 Å². The van der Waals surface area contributed by atoms with Crippen molar-refractivity contribution < 1.29 is 9.90 Å². The van der Waals surface area contributed by atoms with E-state index in [0.29, 0.717) is 5.56 Å². The highest BCUT2D eigenvalue weighted by Crippen LogP contribution is 2.55. The summed E-state index contributed by atoms with van der Waals surface area (Å²) in [6.45, 7) is 17.0. The SMILES string of the molecule is Cc1ccc([C@]2(c3cc(C(C)(C)C)cc(C(C)(C)C)c3O)C(=O)Nc3ccc4ccccc4c32)cc1C. The van der Waals surface area contributed by atoms with E-state index in [9.17, 15) is 9.90 Å². The minimum atomic E-state index is -1.21. The van der Waals surface area contributed by atoms with Gasteiger partial charge in [0.25, 0.3) is 0 Å². The molecule has 1 atom stereocenters. The van der Waals surface area contributed by atoms with Crippen LogP contribution in [0.3, 0.4) is 0 Å². The second kappa shape index (κ2) is 8.21. The molecule has 0 aliphatic carbocycles. The molecule has 5 rings (SSSR count). The summed E-state index contributed by atoms with van der Waals surface area (Å²) in [5, 5.41) is 17.3. The van der Waals surface area contributed by atoms with Gasteiger partial charge in [0.2, 0.25) is 5.91 Å². The first-order valence-electron chi connectivity index (χ1n) is 13.1. The van der Waals surface area contributed by atoms with Gasteiger partial charge < -0.3 is 10.4 Å². The van der Waals surface area contributed by atoms with Crippen molar-refractivity contribution in [2.24, 2.45) is 0 Å². The molecule has 2 N–H and O–H groups in total. The summed E-state index contributed by atoms with van der Waals surface area (Å²) in [7, 11) is 0. The highest BCUT2D eigenvalue weighted by Gasteiger charge is 2.53. The van der Waals surface area contributed by atoms with Crippen LogP contribution in [0.5, 0.6) is 5.75 Å². The van der Waals surface area contributed by atoms with Crippen LogP contribution in [0.25, 0.3) is 10.8 Å². The first-order chi connectivity index (χ1) is 17.3. The van der Waals surface area contributed by atoms with Crippen molar-refractivity contribution in [1.82, 2.24) is 0 Å². The number of amides is 1. The van der Waals surface area contributed by atoms with Crippen LogP contribution in [0.1, 0.15) is 80.5 Å². The molecule has 37 heavy (non-hydrogen) atoms. The summed E-state index contributed by atoms with van der Waals surface area (Å²) in [5.74, 6) is 0.0537. The van der Waals surface area contributed by atoms with Crippen molar-refractivity contribution in [3.05, 3.63) is 106 Å². The second-order valence-electron chi connectivity index (χ2n) is 12.6. The quantitative estimate of drug-likeness (QED) is 0.298. The number of hydrogen-bond acceptors (Lipinski definition) is 2. The number of carbonyl (C=O) groups is 1. The van der Waals surface area contributed by atoms with Crippen LogP contribution in [0, 0.1) is 13.8 Å². The molecule has 0 saturated carbocycles. The van der Waals surface area contributed by atoms with Crippen molar-refractivity contribution in [2.75, 3.05) is 5.32 Å². The molecule has 0 bridgehead atoms. The normalized spacial score (nSPS) is 17.7. The number of rotatable bonds is 2. The Balaban J connectivity index is 2.03. The van der Waals surface area contributed by atoms with E-state index in [2.05, 4.69) is 109 Å². The van der Waals surface area contributed by atoms with Crippen molar-refractivity contribution in [2.45, 2.75) is 71.6 Å². The smallest absolute Gasteiger partial charge is 0.244 e. The average Bonchev–Trinajstić information content (AvgIpc) is 3.12. The van der Waals surface area contributed by atoms with Crippen LogP contribution >= 0.6 is 0 Å². The fraction of sp³-hybridized carbons (Fsp3) is 0.324. The van der Waals surface area contributed by atoms with Crippen LogP contribution < -0.4 is 5.32 Å². The molecule has 190 valence electrons. The summed E-state index contributed by atoms with van der Waals surface area (Å²) >= 11 is 0. The first kappa shape index (κ1) is 25.1. The highest BCUT2D eigenvalue weighted by molar-refractivity contribution is 6.16. The number of anilines is 1. The van der Waals surface area contributed by atoms with E-state index in [1.807, 2.05) is 18.2 Å². The molecule has 4 aromatic rings. The topological polar surface area (TPSA) is 49.3 Å². The van der Waals surface area contributed by atoms with E-state index in [1.54, 1.807) is 0 Å². The molecule has 0 fully saturated rings. The Kier molecular flexibility index (Phi) is 5.56. The zero-order valence-electron chi connectivity index (χ0n) is 23.2. The van der Waals surface area contributed by atoms with Crippen LogP contribution in [0.4, 0.5) is 5.69 Å². The van der Waals surface area contributed by atoms with Gasteiger partial charge in [0.05, 0.1) is 0 Å². The molecule has 1 aliphatic rings. The third-order valence-corrected chi connectivity index (χ3v) is 8.02. The van der Waals surface area contributed by atoms with Crippen molar-refractivity contribution in [1.29, 1.82) is 0 Å². The van der Waals surface area contributed by atoms with Gasteiger partial charge in [-0.25, -0.2) is 0 Å². The standard InChI is InChI=1S/C34H37NO2/c1-20-13-15-23(17-21(20)2)34(27-19-24(32(3,4)5)18-26(30(27)36)33(6,7)8)29-25-12-10-9-11-22(25)14-16-28(29)35-31(34)37/h9-19,36H,1-8H3,(H,35,37)/t34-/m1/s1. The number of fused-ring (bicyclic) bond motifs is 3. The zero-order chi connectivity index (χ0) is 26.9. The fourth-order valence-corrected chi connectivity index (χ4v) is 5.70. The minimum Gasteiger partial charge on any atom is -0.507 e. The van der Waals surface area contributed by atoms with E-state index in [1.165, 1.54) is 5.56 Å². The van der Waals surface area contributed by atoms with E-state index in [4.69, 9.17) is 0 Å². The van der Waals surface area contributed by atoms with Crippen LogP contribution in [-0.4, -0.2) is 11.0 Å². The lowest BCUT2D eigenvalue weighted by molar-refractivity contribution is -0.118. The van der Waals surface area contributed by atoms with Gasteiger partial charge in [-0.3, -0.25) is 4.79 Å². The lowest BCUT2D eigenvalue weighted by atomic mass is 9.65. The lowest BCUT2D eigenvalue weighted by Gasteiger charge is -2.35. The number of phenols is 1. The third kappa shape index (κ3) is 3.75. The Hall–Kier alpha value is -3.59. The third-order valence-electron chi connectivity index (χ3n) is 8.02. The van der Waals surface area contributed by atoms with E-state index in [-0.39, 0.29) is 22.5 Å². The summed E-state index contributed by atoms with van der Waals surface area (Å²) in [4.78, 5) is 14.4. The van der Waals surface area contributed by atoms with Gasteiger partial charge in [0.15, 0.2) is 0 Å². The average molecular weight is 492 g/mol. The van der Waals surface area contributed by atoms with Gasteiger partial charge in [-0.05, 0) is 75.4 Å². The number of benzene rings is 4. The summed E-state index contributed by atoms with van der Waals surface area (Å²) in [6.07, 6.45) is 0. The summed E-state index contributed by atoms with van der Waals surface area (Å²) in [6, 6.07) is 22.7. The summed E-state index contributed by atoms with van der Waals surface area (Å²) in [5.41, 5.74) is 5.71. The van der Waals surface area contributed by atoms with E-state index < -0.39 is 5.41 Å². The largest absolute Gasteiger partial charge is 0.507 e. The Morgan fingerprint density at radius 1 is 0.784 bits per heavy atom. The number of aromatic hydroxyl groups is 1. The van der Waals surface area contributed by atoms with Crippen LogP contribution in [0.15, 0.2) is 66.7 Å².